The van der Waals surface area contributed by atoms with E-state index in [1.54, 1.807) is 0 Å². The Bertz CT molecular complexity index is 262. The fourth-order valence-electron chi connectivity index (χ4n) is 4.50. The van der Waals surface area contributed by atoms with Crippen molar-refractivity contribution in [3.63, 3.8) is 0 Å². The first-order valence-electron chi connectivity index (χ1n) is 8.33. The van der Waals surface area contributed by atoms with Gasteiger partial charge in [-0.1, -0.05) is 13.8 Å². The predicted octanol–water partition coefficient (Wildman–Crippen LogP) is 3.17. The van der Waals surface area contributed by atoms with Gasteiger partial charge in [0.25, 0.3) is 0 Å². The van der Waals surface area contributed by atoms with Crippen LogP contribution in [0.2, 0.25) is 0 Å². The molecule has 0 radical (unpaired) electrons. The smallest absolute Gasteiger partial charge is 0.0128 e. The van der Waals surface area contributed by atoms with E-state index in [9.17, 15) is 0 Å². The van der Waals surface area contributed by atoms with Crippen LogP contribution in [0.1, 0.15) is 65.2 Å². The highest BCUT2D eigenvalue weighted by molar-refractivity contribution is 4.98. The van der Waals surface area contributed by atoms with Crippen LogP contribution in [0, 0.1) is 5.92 Å². The van der Waals surface area contributed by atoms with Crippen molar-refractivity contribution in [2.45, 2.75) is 89.4 Å². The normalized spacial score (nSPS) is 37.2. The Morgan fingerprint density at radius 3 is 2.22 bits per heavy atom. The summed E-state index contributed by atoms with van der Waals surface area (Å²) < 4.78 is 0. The summed E-state index contributed by atoms with van der Waals surface area (Å²) in [6, 6.07) is 3.45. The lowest BCUT2D eigenvalue weighted by Gasteiger charge is -2.42. The van der Waals surface area contributed by atoms with Crippen LogP contribution in [-0.2, 0) is 0 Å². The molecule has 1 saturated carbocycles. The Hall–Kier alpha value is -0.0800. The Morgan fingerprint density at radius 1 is 1.06 bits per heavy atom. The summed E-state index contributed by atoms with van der Waals surface area (Å²) in [5, 5.41) is 3.79. The number of fused-ring (bicyclic) bond motifs is 2. The van der Waals surface area contributed by atoms with Gasteiger partial charge in [-0.3, -0.25) is 4.90 Å². The Morgan fingerprint density at radius 2 is 1.72 bits per heavy atom. The molecule has 0 aromatic carbocycles. The van der Waals surface area contributed by atoms with Gasteiger partial charge in [-0.25, -0.2) is 0 Å². The molecule has 0 spiro atoms. The number of hydrogen-bond donors (Lipinski definition) is 1. The summed E-state index contributed by atoms with van der Waals surface area (Å²) in [6.45, 7) is 6.09. The monoisotopic (exact) mass is 250 g/mol. The molecular weight excluding hydrogens is 220 g/mol. The molecule has 0 amide bonds. The van der Waals surface area contributed by atoms with Crippen molar-refractivity contribution in [3.05, 3.63) is 0 Å². The molecule has 0 aromatic rings. The largest absolute Gasteiger partial charge is 0.311 e. The zero-order valence-corrected chi connectivity index (χ0v) is 12.2. The molecule has 3 fully saturated rings. The molecule has 2 nitrogen and oxygen atoms in total. The molecule has 3 aliphatic rings. The van der Waals surface area contributed by atoms with Crippen molar-refractivity contribution in [3.8, 4) is 0 Å². The maximum absolute atomic E-state index is 3.79. The summed E-state index contributed by atoms with van der Waals surface area (Å²) in [5.41, 5.74) is 0. The quantitative estimate of drug-likeness (QED) is 0.779. The third kappa shape index (κ3) is 2.60. The third-order valence-corrected chi connectivity index (χ3v) is 5.41. The summed E-state index contributed by atoms with van der Waals surface area (Å²) in [5.74, 6) is 1.04. The number of piperidine rings is 1. The number of nitrogens with one attached hydrogen (secondary N) is 1. The zero-order valence-electron chi connectivity index (χ0n) is 12.2. The van der Waals surface area contributed by atoms with Crippen LogP contribution in [-0.4, -0.2) is 35.6 Å². The van der Waals surface area contributed by atoms with Crippen LogP contribution in [0.4, 0.5) is 0 Å². The van der Waals surface area contributed by atoms with Gasteiger partial charge in [-0.15, -0.1) is 0 Å². The van der Waals surface area contributed by atoms with Crippen LogP contribution in [0.25, 0.3) is 0 Å². The number of rotatable bonds is 6. The van der Waals surface area contributed by atoms with Gasteiger partial charge in [-0.05, 0) is 63.8 Å². The molecule has 104 valence electrons. The van der Waals surface area contributed by atoms with Crippen molar-refractivity contribution >= 4 is 0 Å². The van der Waals surface area contributed by atoms with Gasteiger partial charge in [0.2, 0.25) is 0 Å². The second-order valence-electron chi connectivity index (χ2n) is 6.81. The van der Waals surface area contributed by atoms with Crippen molar-refractivity contribution in [2.24, 2.45) is 5.92 Å². The molecule has 0 aromatic heterocycles. The Labute approximate surface area is 113 Å². The van der Waals surface area contributed by atoms with Gasteiger partial charge in [0, 0.05) is 24.2 Å². The fourth-order valence-corrected chi connectivity index (χ4v) is 4.50. The summed E-state index contributed by atoms with van der Waals surface area (Å²) in [4.78, 5) is 2.92. The lowest BCUT2D eigenvalue weighted by atomic mass is 9.94. The van der Waals surface area contributed by atoms with Crippen molar-refractivity contribution in [2.75, 3.05) is 6.54 Å². The second kappa shape index (κ2) is 5.50. The minimum absolute atomic E-state index is 0.838. The van der Waals surface area contributed by atoms with Crippen LogP contribution in [0.5, 0.6) is 0 Å². The van der Waals surface area contributed by atoms with E-state index in [1.165, 1.54) is 57.9 Å². The molecule has 2 bridgehead atoms. The predicted molar refractivity (Wildman–Crippen MR) is 76.8 cm³/mol. The van der Waals surface area contributed by atoms with Gasteiger partial charge in [-0.2, -0.15) is 0 Å². The Kier molecular flexibility index (Phi) is 3.95. The van der Waals surface area contributed by atoms with Crippen LogP contribution in [0.3, 0.4) is 0 Å². The summed E-state index contributed by atoms with van der Waals surface area (Å²) in [7, 11) is 0. The van der Waals surface area contributed by atoms with E-state index >= 15 is 0 Å². The molecule has 3 atom stereocenters. The molecular formula is C16H30N2. The van der Waals surface area contributed by atoms with E-state index in [0.717, 1.165) is 30.1 Å². The van der Waals surface area contributed by atoms with E-state index in [0.29, 0.717) is 0 Å². The first-order chi connectivity index (χ1) is 8.81. The highest BCUT2D eigenvalue weighted by Gasteiger charge is 2.41. The molecule has 2 heterocycles. The average Bonchev–Trinajstić information content (AvgIpc) is 3.15. The van der Waals surface area contributed by atoms with Crippen LogP contribution in [0.15, 0.2) is 0 Å². The van der Waals surface area contributed by atoms with Crippen molar-refractivity contribution in [1.29, 1.82) is 0 Å². The van der Waals surface area contributed by atoms with E-state index in [2.05, 4.69) is 24.1 Å². The highest BCUT2D eigenvalue weighted by atomic mass is 15.2. The minimum Gasteiger partial charge on any atom is -0.311 e. The Balaban J connectivity index is 1.68. The van der Waals surface area contributed by atoms with E-state index in [4.69, 9.17) is 0 Å². The van der Waals surface area contributed by atoms with E-state index < -0.39 is 0 Å². The first-order valence-corrected chi connectivity index (χ1v) is 8.33. The molecule has 1 N–H and O–H groups in total. The highest BCUT2D eigenvalue weighted by Crippen LogP contribution is 2.40. The van der Waals surface area contributed by atoms with Gasteiger partial charge < -0.3 is 5.32 Å². The molecule has 18 heavy (non-hydrogen) atoms. The topological polar surface area (TPSA) is 15.3 Å². The molecule has 2 aliphatic heterocycles. The first kappa shape index (κ1) is 12.9. The van der Waals surface area contributed by atoms with Crippen molar-refractivity contribution in [1.82, 2.24) is 10.2 Å². The van der Waals surface area contributed by atoms with Gasteiger partial charge >= 0.3 is 0 Å². The lowest BCUT2D eigenvalue weighted by molar-refractivity contribution is 0.0796. The molecule has 1 aliphatic carbocycles. The molecule has 3 unspecified atom stereocenters. The van der Waals surface area contributed by atoms with Crippen molar-refractivity contribution < 1.29 is 0 Å². The van der Waals surface area contributed by atoms with E-state index in [-0.39, 0.29) is 0 Å². The van der Waals surface area contributed by atoms with Gasteiger partial charge in [0.05, 0.1) is 0 Å². The molecule has 2 saturated heterocycles. The summed E-state index contributed by atoms with van der Waals surface area (Å²) >= 11 is 0. The third-order valence-electron chi connectivity index (χ3n) is 5.41. The van der Waals surface area contributed by atoms with Crippen LogP contribution < -0.4 is 5.32 Å². The lowest BCUT2D eigenvalue weighted by Crippen LogP contribution is -2.52. The number of hydrogen-bond acceptors (Lipinski definition) is 2. The fraction of sp³-hybridized carbons (Fsp3) is 1.00. The second-order valence-corrected chi connectivity index (χ2v) is 6.81. The van der Waals surface area contributed by atoms with Gasteiger partial charge in [0.1, 0.15) is 0 Å². The average molecular weight is 250 g/mol. The zero-order chi connectivity index (χ0) is 12.5. The number of nitrogens with zero attached hydrogens (tertiary/aromatic N) is 1. The minimum atomic E-state index is 0.838. The molecule has 3 rings (SSSR count). The van der Waals surface area contributed by atoms with E-state index in [1.807, 2.05) is 0 Å². The maximum atomic E-state index is 3.79. The summed E-state index contributed by atoms with van der Waals surface area (Å²) in [6.07, 6.45) is 11.4. The maximum Gasteiger partial charge on any atom is 0.0128 e. The van der Waals surface area contributed by atoms with Crippen LogP contribution >= 0.6 is 0 Å². The molecule has 2 heteroatoms. The standard InChI is InChI=1S/C16H30N2/c1-3-9-18(16(4-2)12-5-6-12)15-10-13-7-8-14(11-15)17-13/h12-17H,3-11H2,1-2H3. The van der Waals surface area contributed by atoms with Gasteiger partial charge in [0.15, 0.2) is 0 Å². The SMILES string of the molecule is CCCN(C1CC2CCC(C1)N2)C(CC)C1CC1.